The SMILES string of the molecule is NCC1C=CC=C2C1=NSN2CCSSCCN1SN=C2CC=CC=C21. The molecule has 4 aliphatic rings. The van der Waals surface area contributed by atoms with Gasteiger partial charge in [0, 0.05) is 43.5 Å². The second-order valence-electron chi connectivity index (χ2n) is 5.99. The van der Waals surface area contributed by atoms with Crippen molar-refractivity contribution >= 4 is 57.3 Å². The molecule has 2 aliphatic carbocycles. The van der Waals surface area contributed by atoms with Gasteiger partial charge in [0.15, 0.2) is 0 Å². The minimum absolute atomic E-state index is 0.267. The van der Waals surface area contributed by atoms with Gasteiger partial charge < -0.3 is 5.73 Å². The maximum atomic E-state index is 5.84. The van der Waals surface area contributed by atoms with E-state index in [0.29, 0.717) is 6.54 Å². The molecule has 5 nitrogen and oxygen atoms in total. The molecule has 0 fully saturated rings. The van der Waals surface area contributed by atoms with Crippen molar-refractivity contribution in [1.29, 1.82) is 0 Å². The fraction of sp³-hybridized carbons (Fsp3) is 0.412. The summed E-state index contributed by atoms with van der Waals surface area (Å²) >= 11 is 3.14. The second kappa shape index (κ2) is 8.97. The van der Waals surface area contributed by atoms with E-state index in [4.69, 9.17) is 5.73 Å². The van der Waals surface area contributed by atoms with Crippen LogP contribution in [0.15, 0.2) is 56.6 Å². The van der Waals surface area contributed by atoms with Gasteiger partial charge in [-0.1, -0.05) is 45.9 Å². The summed E-state index contributed by atoms with van der Waals surface area (Å²) in [5.74, 6) is 2.44. The van der Waals surface area contributed by atoms with Gasteiger partial charge in [0.05, 0.1) is 47.1 Å². The van der Waals surface area contributed by atoms with Crippen molar-refractivity contribution < 1.29 is 0 Å². The first-order valence-corrected chi connectivity index (χ1v) is 12.6. The molecule has 0 saturated carbocycles. The van der Waals surface area contributed by atoms with E-state index in [1.807, 2.05) is 21.6 Å². The standard InChI is InChI=1S/C17H21N5S4/c18-12-13-4-3-7-16-17(13)20-26-22(16)9-11-24-23-10-8-21-15-6-2-1-5-14(15)19-25-21/h1-4,6-7,13H,5,8-12,18H2. The third kappa shape index (κ3) is 4.06. The van der Waals surface area contributed by atoms with Crippen LogP contribution in [0, 0.1) is 5.92 Å². The monoisotopic (exact) mass is 423 g/mol. The Hall–Kier alpha value is -0.740. The molecule has 0 aromatic rings. The van der Waals surface area contributed by atoms with Gasteiger partial charge in [0.2, 0.25) is 0 Å². The van der Waals surface area contributed by atoms with Crippen LogP contribution in [0.4, 0.5) is 0 Å². The summed E-state index contributed by atoms with van der Waals surface area (Å²) in [6.45, 7) is 2.64. The van der Waals surface area contributed by atoms with Crippen LogP contribution in [0.3, 0.4) is 0 Å². The van der Waals surface area contributed by atoms with Crippen molar-refractivity contribution in [2.75, 3.05) is 31.1 Å². The highest BCUT2D eigenvalue weighted by molar-refractivity contribution is 8.76. The number of nitrogens with two attached hydrogens (primary N) is 1. The predicted octanol–water partition coefficient (Wildman–Crippen LogP) is 3.88. The summed E-state index contributed by atoms with van der Waals surface area (Å²) < 4.78 is 13.7. The molecule has 0 aromatic carbocycles. The topological polar surface area (TPSA) is 57.2 Å². The zero-order chi connectivity index (χ0) is 17.8. The van der Waals surface area contributed by atoms with Crippen LogP contribution in [0.5, 0.6) is 0 Å². The summed E-state index contributed by atoms with van der Waals surface area (Å²) in [4.78, 5) is 0. The summed E-state index contributed by atoms with van der Waals surface area (Å²) in [6, 6.07) is 0. The third-order valence-corrected chi connectivity index (χ3v) is 8.42. The maximum Gasteiger partial charge on any atom is 0.0934 e. The predicted molar refractivity (Wildman–Crippen MR) is 120 cm³/mol. The van der Waals surface area contributed by atoms with Crippen molar-refractivity contribution in [3.8, 4) is 0 Å². The highest BCUT2D eigenvalue weighted by Crippen LogP contribution is 2.35. The van der Waals surface area contributed by atoms with Crippen LogP contribution in [0.2, 0.25) is 0 Å². The Morgan fingerprint density at radius 3 is 2.58 bits per heavy atom. The second-order valence-corrected chi connectivity index (χ2v) is 10.3. The normalized spacial score (nSPS) is 23.5. The Kier molecular flexibility index (Phi) is 6.42. The molecule has 26 heavy (non-hydrogen) atoms. The molecular formula is C17H21N5S4. The Balaban J connectivity index is 1.14. The number of fused-ring (bicyclic) bond motifs is 2. The van der Waals surface area contributed by atoms with Crippen LogP contribution in [0.1, 0.15) is 6.42 Å². The molecule has 0 amide bonds. The first-order valence-electron chi connectivity index (χ1n) is 8.61. The number of hydrogen-bond donors (Lipinski definition) is 1. The van der Waals surface area contributed by atoms with Crippen LogP contribution < -0.4 is 5.73 Å². The fourth-order valence-corrected chi connectivity index (χ4v) is 6.73. The molecule has 4 rings (SSSR count). The number of rotatable bonds is 8. The lowest BCUT2D eigenvalue weighted by molar-refractivity contribution is 0.640. The highest BCUT2D eigenvalue weighted by atomic mass is 33.1. The zero-order valence-electron chi connectivity index (χ0n) is 14.3. The van der Waals surface area contributed by atoms with E-state index >= 15 is 0 Å². The van der Waals surface area contributed by atoms with Gasteiger partial charge in [-0.15, -0.1) is 0 Å². The van der Waals surface area contributed by atoms with Crippen LogP contribution >= 0.6 is 45.9 Å². The molecule has 0 aromatic heterocycles. The number of nitrogens with zero attached hydrogens (tertiary/aromatic N) is 4. The van der Waals surface area contributed by atoms with E-state index in [9.17, 15) is 0 Å². The van der Waals surface area contributed by atoms with Crippen molar-refractivity contribution in [2.24, 2.45) is 20.4 Å². The van der Waals surface area contributed by atoms with Crippen molar-refractivity contribution in [2.45, 2.75) is 6.42 Å². The van der Waals surface area contributed by atoms with Gasteiger partial charge in [0.25, 0.3) is 0 Å². The van der Waals surface area contributed by atoms with Gasteiger partial charge in [-0.2, -0.15) is 8.80 Å². The van der Waals surface area contributed by atoms with Crippen LogP contribution in [-0.4, -0.2) is 51.2 Å². The summed E-state index contributed by atoms with van der Waals surface area (Å²) in [5, 5.41) is 0. The van der Waals surface area contributed by atoms with E-state index in [-0.39, 0.29) is 5.92 Å². The lowest BCUT2D eigenvalue weighted by Gasteiger charge is -2.21. The first-order chi connectivity index (χ1) is 12.9. The lowest BCUT2D eigenvalue weighted by Crippen LogP contribution is -2.28. The average Bonchev–Trinajstić information content (AvgIpc) is 3.29. The molecule has 1 atom stereocenters. The van der Waals surface area contributed by atoms with Gasteiger partial charge >= 0.3 is 0 Å². The molecule has 138 valence electrons. The summed E-state index contributed by atoms with van der Waals surface area (Å²) in [6.07, 6.45) is 13.8. The Bertz CT molecular complexity index is 725. The molecule has 9 heteroatoms. The minimum Gasteiger partial charge on any atom is -0.329 e. The molecule has 2 aliphatic heterocycles. The average molecular weight is 424 g/mol. The van der Waals surface area contributed by atoms with E-state index in [1.165, 1.54) is 17.1 Å². The molecule has 1 unspecified atom stereocenters. The zero-order valence-corrected chi connectivity index (χ0v) is 17.5. The van der Waals surface area contributed by atoms with Crippen molar-refractivity contribution in [1.82, 2.24) is 8.61 Å². The molecule has 2 heterocycles. The molecule has 0 radical (unpaired) electrons. The first kappa shape index (κ1) is 18.6. The Morgan fingerprint density at radius 1 is 1.04 bits per heavy atom. The fourth-order valence-electron chi connectivity index (χ4n) is 2.97. The van der Waals surface area contributed by atoms with E-state index in [1.54, 1.807) is 24.3 Å². The van der Waals surface area contributed by atoms with Crippen LogP contribution in [0.25, 0.3) is 0 Å². The Morgan fingerprint density at radius 2 is 1.77 bits per heavy atom. The summed E-state index contributed by atoms with van der Waals surface area (Å²) in [5.41, 5.74) is 10.7. The molecule has 0 bridgehead atoms. The van der Waals surface area contributed by atoms with Crippen molar-refractivity contribution in [3.05, 3.63) is 47.9 Å². The van der Waals surface area contributed by atoms with Gasteiger partial charge in [-0.25, -0.2) is 0 Å². The van der Waals surface area contributed by atoms with Gasteiger partial charge in [-0.3, -0.25) is 8.61 Å². The number of hydrogen-bond acceptors (Lipinski definition) is 9. The maximum absolute atomic E-state index is 5.84. The quantitative estimate of drug-likeness (QED) is 0.361. The molecule has 0 spiro atoms. The van der Waals surface area contributed by atoms with Gasteiger partial charge in [0.1, 0.15) is 0 Å². The van der Waals surface area contributed by atoms with E-state index in [2.05, 4.69) is 53.9 Å². The number of allylic oxidation sites excluding steroid dienone is 7. The minimum atomic E-state index is 0.267. The van der Waals surface area contributed by atoms with Gasteiger partial charge in [-0.05, 0) is 12.2 Å². The van der Waals surface area contributed by atoms with Crippen molar-refractivity contribution in [3.63, 3.8) is 0 Å². The Labute approximate surface area is 171 Å². The van der Waals surface area contributed by atoms with E-state index in [0.717, 1.165) is 36.7 Å². The smallest absolute Gasteiger partial charge is 0.0934 e. The highest BCUT2D eigenvalue weighted by Gasteiger charge is 2.29. The van der Waals surface area contributed by atoms with Crippen LogP contribution in [-0.2, 0) is 0 Å². The third-order valence-electron chi connectivity index (χ3n) is 4.33. The molecular weight excluding hydrogens is 402 g/mol. The summed E-state index contributed by atoms with van der Waals surface area (Å²) in [7, 11) is 3.87. The molecule has 0 saturated heterocycles. The van der Waals surface area contributed by atoms with E-state index < -0.39 is 0 Å². The largest absolute Gasteiger partial charge is 0.329 e. The molecule has 2 N–H and O–H groups in total. The lowest BCUT2D eigenvalue weighted by atomic mass is 9.96.